The summed E-state index contributed by atoms with van der Waals surface area (Å²) in [6.07, 6.45) is 0.336. The van der Waals surface area contributed by atoms with Crippen molar-refractivity contribution in [3.05, 3.63) is 40.6 Å². The van der Waals surface area contributed by atoms with Gasteiger partial charge in [0.15, 0.2) is 9.34 Å². The predicted molar refractivity (Wildman–Crippen MR) is 79.3 cm³/mol. The lowest BCUT2D eigenvalue weighted by molar-refractivity contribution is 0.549. The van der Waals surface area contributed by atoms with Gasteiger partial charge in [0.05, 0.1) is 5.69 Å². The van der Waals surface area contributed by atoms with Crippen LogP contribution in [0.5, 0.6) is 0 Å². The fraction of sp³-hybridized carbons (Fsp3) is 0.308. The van der Waals surface area contributed by atoms with Crippen LogP contribution in [-0.2, 0) is 23.0 Å². The number of fused-ring (bicyclic) bond motifs is 1. The molecule has 1 aliphatic heterocycles. The third kappa shape index (κ3) is 2.59. The molecule has 2 aromatic rings. The lowest BCUT2D eigenvalue weighted by Crippen LogP contribution is -2.31. The highest BCUT2D eigenvalue weighted by atomic mass is 32.2. The first-order valence-corrected chi connectivity index (χ1v) is 8.84. The molecule has 0 atom stereocenters. The van der Waals surface area contributed by atoms with E-state index in [4.69, 9.17) is 5.14 Å². The van der Waals surface area contributed by atoms with Crippen molar-refractivity contribution in [1.29, 1.82) is 0 Å². The number of aryl methyl sites for hydroxylation is 1. The van der Waals surface area contributed by atoms with Crippen LogP contribution in [0.25, 0.3) is 0 Å². The van der Waals surface area contributed by atoms with E-state index in [1.165, 1.54) is 0 Å². The van der Waals surface area contributed by atoms with E-state index in [-0.39, 0.29) is 16.3 Å². The number of benzene rings is 1. The summed E-state index contributed by atoms with van der Waals surface area (Å²) in [5, 5.41) is 5.58. The Hall–Kier alpha value is -1.58. The molecule has 0 unspecified atom stereocenters. The molecule has 2 heterocycles. The zero-order valence-corrected chi connectivity index (χ0v) is 13.3. The molecule has 118 valence electrons. The minimum atomic E-state index is -3.83. The summed E-state index contributed by atoms with van der Waals surface area (Å²) in [6, 6.07) is 2.22. The van der Waals surface area contributed by atoms with Crippen LogP contribution in [0.4, 0.5) is 13.9 Å². The van der Waals surface area contributed by atoms with Crippen molar-refractivity contribution in [2.24, 2.45) is 5.14 Å². The molecule has 1 aliphatic rings. The number of sulfonamides is 1. The second-order valence-electron chi connectivity index (χ2n) is 5.07. The zero-order valence-electron chi connectivity index (χ0n) is 11.6. The van der Waals surface area contributed by atoms with E-state index in [1.54, 1.807) is 11.8 Å². The highest BCUT2D eigenvalue weighted by Crippen LogP contribution is 2.33. The molecule has 1 aromatic heterocycles. The topological polar surface area (TPSA) is 76.3 Å². The summed E-state index contributed by atoms with van der Waals surface area (Å²) in [7, 11) is -3.83. The molecule has 0 spiro atoms. The molecule has 0 saturated heterocycles. The Morgan fingerprint density at radius 1 is 1.27 bits per heavy atom. The molecule has 0 amide bonds. The fourth-order valence-electron chi connectivity index (χ4n) is 2.52. The van der Waals surface area contributed by atoms with Gasteiger partial charge in [0.1, 0.15) is 11.6 Å². The smallest absolute Gasteiger partial charge is 0.249 e. The van der Waals surface area contributed by atoms with E-state index >= 15 is 0 Å². The van der Waals surface area contributed by atoms with E-state index in [2.05, 4.69) is 4.98 Å². The fourth-order valence-corrected chi connectivity index (χ4v) is 4.50. The quantitative estimate of drug-likeness (QED) is 0.902. The molecule has 0 radical (unpaired) electrons. The first-order valence-electron chi connectivity index (χ1n) is 6.48. The van der Waals surface area contributed by atoms with Crippen LogP contribution in [0.3, 0.4) is 0 Å². The normalized spacial score (nSPS) is 15.0. The summed E-state index contributed by atoms with van der Waals surface area (Å²) in [4.78, 5) is 5.93. The van der Waals surface area contributed by atoms with Crippen molar-refractivity contribution in [3.63, 3.8) is 0 Å². The Morgan fingerprint density at radius 3 is 2.50 bits per heavy atom. The first-order chi connectivity index (χ1) is 10.3. The molecule has 3 rings (SSSR count). The van der Waals surface area contributed by atoms with Crippen LogP contribution in [0.15, 0.2) is 16.3 Å². The average Bonchev–Trinajstić information content (AvgIpc) is 2.85. The van der Waals surface area contributed by atoms with E-state index in [0.29, 0.717) is 29.4 Å². The Kier molecular flexibility index (Phi) is 3.66. The highest BCUT2D eigenvalue weighted by molar-refractivity contribution is 7.91. The Balaban J connectivity index is 1.98. The molecule has 0 aliphatic carbocycles. The number of thiazole rings is 1. The van der Waals surface area contributed by atoms with Gasteiger partial charge in [0.25, 0.3) is 0 Å². The minimum absolute atomic E-state index is 0.00647. The highest BCUT2D eigenvalue weighted by Gasteiger charge is 2.26. The summed E-state index contributed by atoms with van der Waals surface area (Å²) >= 11 is 0.943. The van der Waals surface area contributed by atoms with Crippen LogP contribution in [0.2, 0.25) is 0 Å². The number of anilines is 1. The summed E-state index contributed by atoms with van der Waals surface area (Å²) in [5.74, 6) is -0.891. The predicted octanol–water partition coefficient (Wildman–Crippen LogP) is 1.94. The van der Waals surface area contributed by atoms with E-state index < -0.39 is 21.7 Å². The van der Waals surface area contributed by atoms with Gasteiger partial charge in [-0.05, 0) is 31.0 Å². The number of nitrogens with zero attached hydrogens (tertiary/aromatic N) is 2. The SMILES string of the molecule is Cc1nc(N2CCc3c(F)ccc(F)c3C2)sc1S(N)(=O)=O. The summed E-state index contributed by atoms with van der Waals surface area (Å²) in [6.45, 7) is 2.14. The maximum absolute atomic E-state index is 13.9. The zero-order chi connectivity index (χ0) is 16.1. The van der Waals surface area contributed by atoms with Gasteiger partial charge < -0.3 is 4.90 Å². The summed E-state index contributed by atoms with van der Waals surface area (Å²) < 4.78 is 50.5. The second kappa shape index (κ2) is 5.25. The van der Waals surface area contributed by atoms with Crippen molar-refractivity contribution >= 4 is 26.5 Å². The average molecular weight is 345 g/mol. The third-order valence-electron chi connectivity index (χ3n) is 3.57. The van der Waals surface area contributed by atoms with Crippen LogP contribution < -0.4 is 10.0 Å². The van der Waals surface area contributed by atoms with E-state index in [0.717, 1.165) is 23.5 Å². The lowest BCUT2D eigenvalue weighted by Gasteiger charge is -2.28. The molecule has 0 saturated carbocycles. The molecular formula is C13H13F2N3O2S2. The van der Waals surface area contributed by atoms with Crippen LogP contribution in [0, 0.1) is 18.6 Å². The number of primary sulfonamides is 1. The first kappa shape index (κ1) is 15.3. The molecule has 9 heteroatoms. The van der Waals surface area contributed by atoms with Gasteiger partial charge in [-0.3, -0.25) is 0 Å². The number of rotatable bonds is 2. The monoisotopic (exact) mass is 345 g/mol. The molecular weight excluding hydrogens is 332 g/mol. The maximum atomic E-state index is 13.9. The third-order valence-corrected chi connectivity index (χ3v) is 6.34. The molecule has 1 aromatic carbocycles. The van der Waals surface area contributed by atoms with Gasteiger partial charge in [0.2, 0.25) is 10.0 Å². The minimum Gasteiger partial charge on any atom is -0.343 e. The Labute approximate surface area is 130 Å². The number of halogens is 2. The van der Waals surface area contributed by atoms with Gasteiger partial charge in [-0.15, -0.1) is 0 Å². The Morgan fingerprint density at radius 2 is 1.91 bits per heavy atom. The molecule has 0 fully saturated rings. The van der Waals surface area contributed by atoms with Crippen molar-refractivity contribution in [2.75, 3.05) is 11.4 Å². The van der Waals surface area contributed by atoms with Crippen molar-refractivity contribution in [1.82, 2.24) is 4.98 Å². The van der Waals surface area contributed by atoms with Crippen LogP contribution in [0.1, 0.15) is 16.8 Å². The molecule has 0 bridgehead atoms. The van der Waals surface area contributed by atoms with Gasteiger partial charge in [0, 0.05) is 18.7 Å². The molecule has 2 N–H and O–H groups in total. The van der Waals surface area contributed by atoms with E-state index in [1.807, 2.05) is 0 Å². The largest absolute Gasteiger partial charge is 0.343 e. The van der Waals surface area contributed by atoms with Gasteiger partial charge in [-0.1, -0.05) is 11.3 Å². The Bertz CT molecular complexity index is 849. The van der Waals surface area contributed by atoms with Crippen LogP contribution >= 0.6 is 11.3 Å². The number of aromatic nitrogens is 1. The standard InChI is InChI=1S/C13H13F2N3O2S2/c1-7-12(22(16,19)20)21-13(17-7)18-5-4-8-9(6-18)11(15)3-2-10(8)14/h2-3H,4-6H2,1H3,(H2,16,19,20). The maximum Gasteiger partial charge on any atom is 0.249 e. The number of hydrogen-bond donors (Lipinski definition) is 1. The van der Waals surface area contributed by atoms with Crippen molar-refractivity contribution < 1.29 is 17.2 Å². The van der Waals surface area contributed by atoms with Crippen molar-refractivity contribution in [2.45, 2.75) is 24.1 Å². The van der Waals surface area contributed by atoms with Crippen molar-refractivity contribution in [3.8, 4) is 0 Å². The second-order valence-corrected chi connectivity index (χ2v) is 7.81. The van der Waals surface area contributed by atoms with Gasteiger partial charge >= 0.3 is 0 Å². The molecule has 5 nitrogen and oxygen atoms in total. The van der Waals surface area contributed by atoms with E-state index in [9.17, 15) is 17.2 Å². The number of hydrogen-bond acceptors (Lipinski definition) is 5. The van der Waals surface area contributed by atoms with Crippen LogP contribution in [-0.4, -0.2) is 19.9 Å². The summed E-state index contributed by atoms with van der Waals surface area (Å²) in [5.41, 5.74) is 0.973. The molecule has 22 heavy (non-hydrogen) atoms. The van der Waals surface area contributed by atoms with Gasteiger partial charge in [-0.2, -0.15) is 0 Å². The number of nitrogens with two attached hydrogens (primary N) is 1. The van der Waals surface area contributed by atoms with Gasteiger partial charge in [-0.25, -0.2) is 27.3 Å². The lowest BCUT2D eigenvalue weighted by atomic mass is 9.99.